The third-order valence-corrected chi connectivity index (χ3v) is 3.06. The van der Waals surface area contributed by atoms with E-state index in [9.17, 15) is 9.59 Å². The molecule has 5 nitrogen and oxygen atoms in total. The van der Waals surface area contributed by atoms with Gasteiger partial charge in [0.1, 0.15) is 11.8 Å². The van der Waals surface area contributed by atoms with Crippen molar-refractivity contribution >= 4 is 23.0 Å². The minimum Gasteiger partial charge on any atom is -0.366 e. The first-order valence-electron chi connectivity index (χ1n) is 5.80. The molecule has 0 radical (unpaired) electrons. The Kier molecular flexibility index (Phi) is 3.32. The van der Waals surface area contributed by atoms with Gasteiger partial charge >= 0.3 is 0 Å². The van der Waals surface area contributed by atoms with Crippen LogP contribution in [-0.4, -0.2) is 17.4 Å². The second-order valence-corrected chi connectivity index (χ2v) is 4.26. The maximum absolute atomic E-state index is 12.2. The monoisotopic (exact) mass is 265 g/mol. The number of rotatable bonds is 3. The predicted molar refractivity (Wildman–Crippen MR) is 74.7 cm³/mol. The van der Waals surface area contributed by atoms with E-state index in [0.29, 0.717) is 11.1 Å². The molecule has 5 heteroatoms. The number of nitrogens with two attached hydrogens (primary N) is 1. The lowest BCUT2D eigenvalue weighted by Crippen LogP contribution is -2.19. The third-order valence-electron chi connectivity index (χ3n) is 3.06. The Labute approximate surface area is 115 Å². The molecule has 0 saturated carbocycles. The van der Waals surface area contributed by atoms with Crippen molar-refractivity contribution in [2.45, 2.75) is 6.92 Å². The topological polar surface area (TPSA) is 96.3 Å². The molecule has 2 N–H and O–H groups in total. The molecule has 1 aromatic carbocycles. The zero-order valence-electron chi connectivity index (χ0n) is 10.8. The van der Waals surface area contributed by atoms with E-state index in [1.54, 1.807) is 31.2 Å². The van der Waals surface area contributed by atoms with Crippen LogP contribution in [0.2, 0.25) is 0 Å². The summed E-state index contributed by atoms with van der Waals surface area (Å²) in [6.07, 6.45) is 0. The van der Waals surface area contributed by atoms with Gasteiger partial charge < -0.3 is 5.73 Å². The molecule has 0 atom stereocenters. The van der Waals surface area contributed by atoms with Crippen molar-refractivity contribution in [3.05, 3.63) is 53.2 Å². The molecule has 20 heavy (non-hydrogen) atoms. The number of carbonyl (C=O) groups excluding carboxylic acids is 2. The molecule has 1 aliphatic rings. The molecule has 1 aliphatic carbocycles. The van der Waals surface area contributed by atoms with Gasteiger partial charge in [0.15, 0.2) is 5.71 Å². The highest BCUT2D eigenvalue weighted by molar-refractivity contribution is 6.29. The summed E-state index contributed by atoms with van der Waals surface area (Å²) in [5, 5.41) is 9.01. The smallest absolute Gasteiger partial charge is 0.251 e. The van der Waals surface area contributed by atoms with Crippen LogP contribution in [0.4, 0.5) is 0 Å². The molecule has 0 bridgehead atoms. The summed E-state index contributed by atoms with van der Waals surface area (Å²) in [6.45, 7) is 5.15. The Morgan fingerprint density at radius 1 is 1.35 bits per heavy atom. The largest absolute Gasteiger partial charge is 0.366 e. The fourth-order valence-electron chi connectivity index (χ4n) is 1.96. The van der Waals surface area contributed by atoms with Crippen molar-refractivity contribution < 1.29 is 9.59 Å². The fraction of sp³-hybridized carbons (Fsp3) is 0.0667. The van der Waals surface area contributed by atoms with Crippen molar-refractivity contribution in [3.63, 3.8) is 0 Å². The first-order chi connectivity index (χ1) is 9.47. The standard InChI is InChI=1S/C15H11N3O2/c1-8-10-5-3-4-6-11(10)14(19)13(8)18-12(7-16)9(2)15(17)20/h3-6H,2H2,1H3,(H2,17,20). The molecule has 1 amide bonds. The molecule has 0 saturated heterocycles. The second-order valence-electron chi connectivity index (χ2n) is 4.26. The number of hydrogen-bond donors (Lipinski definition) is 1. The van der Waals surface area contributed by atoms with E-state index < -0.39 is 5.91 Å². The minimum atomic E-state index is -0.841. The SMILES string of the molecule is C=C(C(N)=O)C(C#N)=NC1=C(C)c2ccccc2C1=O. The number of allylic oxidation sites excluding steroid dienone is 2. The maximum atomic E-state index is 12.2. The van der Waals surface area contributed by atoms with Crippen LogP contribution in [-0.2, 0) is 4.79 Å². The zero-order valence-corrected chi connectivity index (χ0v) is 10.8. The lowest BCUT2D eigenvalue weighted by atomic mass is 10.1. The number of fused-ring (bicyclic) bond motifs is 1. The average molecular weight is 265 g/mol. The van der Waals surface area contributed by atoms with E-state index in [0.717, 1.165) is 5.56 Å². The van der Waals surface area contributed by atoms with Crippen LogP contribution in [0.1, 0.15) is 22.8 Å². The van der Waals surface area contributed by atoms with Gasteiger partial charge in [-0.25, -0.2) is 4.99 Å². The highest BCUT2D eigenvalue weighted by atomic mass is 16.1. The third kappa shape index (κ3) is 2.04. The lowest BCUT2D eigenvalue weighted by Gasteiger charge is -1.99. The number of ketones is 1. The number of amides is 1. The fourth-order valence-corrected chi connectivity index (χ4v) is 1.96. The maximum Gasteiger partial charge on any atom is 0.251 e. The average Bonchev–Trinajstić information content (AvgIpc) is 2.68. The Bertz CT molecular complexity index is 749. The molecule has 0 spiro atoms. The number of Topliss-reactive ketones (excluding diaryl/α,β-unsaturated/α-hetero) is 1. The summed E-state index contributed by atoms with van der Waals surface area (Å²) < 4.78 is 0. The molecular formula is C15H11N3O2. The molecule has 1 aromatic rings. The number of carbonyl (C=O) groups is 2. The van der Waals surface area contributed by atoms with Gasteiger partial charge in [0.2, 0.25) is 5.78 Å². The van der Waals surface area contributed by atoms with Gasteiger partial charge in [-0.15, -0.1) is 0 Å². The second kappa shape index (κ2) is 4.94. The van der Waals surface area contributed by atoms with Crippen LogP contribution in [0.5, 0.6) is 0 Å². The molecule has 2 rings (SSSR count). The van der Waals surface area contributed by atoms with E-state index in [1.165, 1.54) is 0 Å². The van der Waals surface area contributed by atoms with Crippen molar-refractivity contribution in [2.24, 2.45) is 10.7 Å². The van der Waals surface area contributed by atoms with Crippen LogP contribution in [0, 0.1) is 11.3 Å². The van der Waals surface area contributed by atoms with Crippen LogP contribution in [0.3, 0.4) is 0 Å². The van der Waals surface area contributed by atoms with E-state index >= 15 is 0 Å². The summed E-state index contributed by atoms with van der Waals surface area (Å²) in [5.41, 5.74) is 6.73. The highest BCUT2D eigenvalue weighted by Gasteiger charge is 2.27. The molecule has 0 aromatic heterocycles. The lowest BCUT2D eigenvalue weighted by molar-refractivity contribution is -0.114. The van der Waals surface area contributed by atoms with Gasteiger partial charge in [-0.3, -0.25) is 9.59 Å². The Morgan fingerprint density at radius 3 is 2.45 bits per heavy atom. The van der Waals surface area contributed by atoms with Gasteiger partial charge in [0.25, 0.3) is 5.91 Å². The quantitative estimate of drug-likeness (QED) is 0.664. The minimum absolute atomic E-state index is 0.144. The molecule has 0 fully saturated rings. The summed E-state index contributed by atoms with van der Waals surface area (Å²) >= 11 is 0. The van der Waals surface area contributed by atoms with Crippen LogP contribution >= 0.6 is 0 Å². The summed E-state index contributed by atoms with van der Waals surface area (Å²) in [4.78, 5) is 27.3. The van der Waals surface area contributed by atoms with E-state index in [4.69, 9.17) is 11.0 Å². The first kappa shape index (κ1) is 13.4. The van der Waals surface area contributed by atoms with Crippen molar-refractivity contribution in [1.82, 2.24) is 0 Å². The number of benzene rings is 1. The van der Waals surface area contributed by atoms with Crippen molar-refractivity contribution in [2.75, 3.05) is 0 Å². The number of primary amides is 1. The van der Waals surface area contributed by atoms with Crippen molar-refractivity contribution in [3.8, 4) is 6.07 Å². The Balaban J connectivity index is 2.54. The van der Waals surface area contributed by atoms with Gasteiger partial charge in [-0.05, 0) is 18.1 Å². The van der Waals surface area contributed by atoms with Gasteiger partial charge in [0.05, 0.1) is 5.57 Å². The molecule has 0 unspecified atom stereocenters. The zero-order chi connectivity index (χ0) is 14.9. The number of nitriles is 1. The molecule has 0 heterocycles. The number of hydrogen-bond acceptors (Lipinski definition) is 4. The van der Waals surface area contributed by atoms with E-state index in [2.05, 4.69) is 11.6 Å². The molecule has 98 valence electrons. The van der Waals surface area contributed by atoms with E-state index in [-0.39, 0.29) is 22.8 Å². The first-order valence-corrected chi connectivity index (χ1v) is 5.80. The Hall–Kier alpha value is -3.00. The normalized spacial score (nSPS) is 14.0. The van der Waals surface area contributed by atoms with Gasteiger partial charge in [0, 0.05) is 5.56 Å². The summed E-state index contributed by atoms with van der Waals surface area (Å²) in [7, 11) is 0. The highest BCUT2D eigenvalue weighted by Crippen LogP contribution is 2.33. The van der Waals surface area contributed by atoms with E-state index in [1.807, 2.05) is 6.07 Å². The van der Waals surface area contributed by atoms with Gasteiger partial charge in [-0.1, -0.05) is 30.8 Å². The van der Waals surface area contributed by atoms with Gasteiger partial charge in [-0.2, -0.15) is 5.26 Å². The van der Waals surface area contributed by atoms with Crippen LogP contribution < -0.4 is 5.73 Å². The molecule has 0 aliphatic heterocycles. The number of aliphatic imine (C=N–C) groups is 1. The predicted octanol–water partition coefficient (Wildman–Crippen LogP) is 1.62. The number of nitrogens with zero attached hydrogens (tertiary/aromatic N) is 2. The van der Waals surface area contributed by atoms with Crippen molar-refractivity contribution in [1.29, 1.82) is 5.26 Å². The molecular weight excluding hydrogens is 254 g/mol. The Morgan fingerprint density at radius 2 is 1.95 bits per heavy atom. The van der Waals surface area contributed by atoms with Crippen LogP contribution in [0.15, 0.2) is 47.1 Å². The summed E-state index contributed by atoms with van der Waals surface area (Å²) in [6, 6.07) is 8.81. The summed E-state index contributed by atoms with van der Waals surface area (Å²) in [5.74, 6) is -1.12. The van der Waals surface area contributed by atoms with Crippen LogP contribution in [0.25, 0.3) is 5.57 Å².